The van der Waals surface area contributed by atoms with E-state index in [0.29, 0.717) is 17.2 Å². The number of amides is 2. The van der Waals surface area contributed by atoms with E-state index in [-0.39, 0.29) is 17.6 Å². The Labute approximate surface area is 125 Å². The van der Waals surface area contributed by atoms with Crippen molar-refractivity contribution in [3.63, 3.8) is 0 Å². The van der Waals surface area contributed by atoms with Gasteiger partial charge in [0, 0.05) is 18.3 Å². The smallest absolute Gasteiger partial charge is 0.336 e. The third-order valence-corrected chi connectivity index (χ3v) is 4.12. The Morgan fingerprint density at radius 3 is 2.67 bits per heavy atom. The highest BCUT2D eigenvalue weighted by Gasteiger charge is 2.26. The summed E-state index contributed by atoms with van der Waals surface area (Å²) in [6.07, 6.45) is 2.01. The standard InChI is InChI=1S/C16H22N2O3/c1-10-6-7-18(12(3)8-10)16(21)17-13-5-4-11(2)14(9-13)15(19)20/h4-5,9-10,12H,6-8H2,1-3H3,(H,17,21)(H,19,20). The van der Waals surface area contributed by atoms with Gasteiger partial charge in [0.15, 0.2) is 0 Å². The molecule has 5 heteroatoms. The van der Waals surface area contributed by atoms with E-state index < -0.39 is 5.97 Å². The van der Waals surface area contributed by atoms with Crippen LogP contribution in [0.5, 0.6) is 0 Å². The first-order chi connectivity index (χ1) is 9.88. The van der Waals surface area contributed by atoms with Gasteiger partial charge in [0.25, 0.3) is 0 Å². The molecule has 1 fully saturated rings. The number of anilines is 1. The number of urea groups is 1. The monoisotopic (exact) mass is 290 g/mol. The van der Waals surface area contributed by atoms with Crippen molar-refractivity contribution in [1.29, 1.82) is 0 Å². The largest absolute Gasteiger partial charge is 0.478 e. The number of hydrogen-bond donors (Lipinski definition) is 2. The molecule has 1 aliphatic rings. The Kier molecular flexibility index (Phi) is 4.50. The molecule has 1 saturated heterocycles. The van der Waals surface area contributed by atoms with Crippen LogP contribution in [-0.4, -0.2) is 34.6 Å². The van der Waals surface area contributed by atoms with Crippen molar-refractivity contribution < 1.29 is 14.7 Å². The molecule has 2 unspecified atom stereocenters. The molecule has 0 saturated carbocycles. The van der Waals surface area contributed by atoms with Crippen molar-refractivity contribution >= 4 is 17.7 Å². The van der Waals surface area contributed by atoms with E-state index in [0.717, 1.165) is 19.4 Å². The Morgan fingerprint density at radius 2 is 2.05 bits per heavy atom. The van der Waals surface area contributed by atoms with Gasteiger partial charge in [-0.2, -0.15) is 0 Å². The number of carboxylic acid groups (broad SMARTS) is 1. The first kappa shape index (κ1) is 15.4. The molecule has 1 heterocycles. The van der Waals surface area contributed by atoms with E-state index in [1.165, 1.54) is 6.07 Å². The van der Waals surface area contributed by atoms with Crippen molar-refractivity contribution in [1.82, 2.24) is 4.90 Å². The molecule has 21 heavy (non-hydrogen) atoms. The molecule has 2 atom stereocenters. The van der Waals surface area contributed by atoms with Gasteiger partial charge in [-0.25, -0.2) is 9.59 Å². The Balaban J connectivity index is 2.09. The maximum absolute atomic E-state index is 12.3. The zero-order chi connectivity index (χ0) is 15.6. The van der Waals surface area contributed by atoms with E-state index in [4.69, 9.17) is 5.11 Å². The zero-order valence-electron chi connectivity index (χ0n) is 12.7. The number of likely N-dealkylation sites (tertiary alicyclic amines) is 1. The Morgan fingerprint density at radius 1 is 1.33 bits per heavy atom. The predicted molar refractivity (Wildman–Crippen MR) is 81.7 cm³/mol. The van der Waals surface area contributed by atoms with Gasteiger partial charge in [-0.3, -0.25) is 0 Å². The van der Waals surface area contributed by atoms with Crippen molar-refractivity contribution in [3.05, 3.63) is 29.3 Å². The summed E-state index contributed by atoms with van der Waals surface area (Å²) in [5.74, 6) is -0.342. The highest BCUT2D eigenvalue weighted by molar-refractivity contribution is 5.94. The Bertz CT molecular complexity index is 556. The molecule has 1 aliphatic heterocycles. The summed E-state index contributed by atoms with van der Waals surface area (Å²) >= 11 is 0. The molecule has 0 radical (unpaired) electrons. The van der Waals surface area contributed by atoms with Gasteiger partial charge in [-0.05, 0) is 50.3 Å². The number of benzene rings is 1. The number of carbonyl (C=O) groups is 2. The summed E-state index contributed by atoms with van der Waals surface area (Å²) in [4.78, 5) is 25.3. The van der Waals surface area contributed by atoms with Crippen molar-refractivity contribution in [2.75, 3.05) is 11.9 Å². The molecule has 1 aromatic rings. The third-order valence-electron chi connectivity index (χ3n) is 4.12. The number of aryl methyl sites for hydroxylation is 1. The van der Waals surface area contributed by atoms with Crippen LogP contribution in [0.4, 0.5) is 10.5 Å². The number of nitrogens with one attached hydrogen (secondary N) is 1. The summed E-state index contributed by atoms with van der Waals surface area (Å²) < 4.78 is 0. The maximum Gasteiger partial charge on any atom is 0.336 e. The molecule has 2 amide bonds. The molecule has 1 aromatic carbocycles. The summed E-state index contributed by atoms with van der Waals surface area (Å²) in [5.41, 5.74) is 1.42. The summed E-state index contributed by atoms with van der Waals surface area (Å²) in [6.45, 7) is 6.73. The van der Waals surface area contributed by atoms with E-state index in [1.807, 2.05) is 11.8 Å². The van der Waals surface area contributed by atoms with E-state index in [9.17, 15) is 9.59 Å². The van der Waals surface area contributed by atoms with Gasteiger partial charge < -0.3 is 15.3 Å². The maximum atomic E-state index is 12.3. The topological polar surface area (TPSA) is 69.6 Å². The molecule has 0 aliphatic carbocycles. The molecular weight excluding hydrogens is 268 g/mol. The minimum absolute atomic E-state index is 0.158. The van der Waals surface area contributed by atoms with E-state index in [2.05, 4.69) is 12.2 Å². The van der Waals surface area contributed by atoms with Crippen LogP contribution in [0.15, 0.2) is 18.2 Å². The molecular formula is C16H22N2O3. The number of piperidine rings is 1. The van der Waals surface area contributed by atoms with Gasteiger partial charge in [-0.15, -0.1) is 0 Å². The minimum atomic E-state index is -0.983. The van der Waals surface area contributed by atoms with Crippen LogP contribution in [0, 0.1) is 12.8 Å². The van der Waals surface area contributed by atoms with E-state index in [1.54, 1.807) is 19.1 Å². The lowest BCUT2D eigenvalue weighted by Gasteiger charge is -2.36. The average Bonchev–Trinajstić information content (AvgIpc) is 2.40. The highest BCUT2D eigenvalue weighted by atomic mass is 16.4. The number of carboxylic acids is 1. The van der Waals surface area contributed by atoms with Crippen molar-refractivity contribution in [3.8, 4) is 0 Å². The normalized spacial score (nSPS) is 22.0. The van der Waals surface area contributed by atoms with Crippen LogP contribution in [-0.2, 0) is 0 Å². The van der Waals surface area contributed by atoms with Crippen molar-refractivity contribution in [2.24, 2.45) is 5.92 Å². The Hall–Kier alpha value is -2.04. The summed E-state index contributed by atoms with van der Waals surface area (Å²) in [7, 11) is 0. The van der Waals surface area contributed by atoms with Crippen LogP contribution in [0.25, 0.3) is 0 Å². The molecule has 0 aromatic heterocycles. The predicted octanol–water partition coefficient (Wildman–Crippen LogP) is 3.35. The number of aromatic carboxylic acids is 1. The average molecular weight is 290 g/mol. The molecule has 2 N–H and O–H groups in total. The fourth-order valence-corrected chi connectivity index (χ4v) is 2.83. The lowest BCUT2D eigenvalue weighted by molar-refractivity contribution is 0.0696. The minimum Gasteiger partial charge on any atom is -0.478 e. The van der Waals surface area contributed by atoms with Crippen LogP contribution in [0.1, 0.15) is 42.6 Å². The number of carbonyl (C=O) groups excluding carboxylic acids is 1. The number of rotatable bonds is 2. The first-order valence-corrected chi connectivity index (χ1v) is 7.30. The van der Waals surface area contributed by atoms with Gasteiger partial charge >= 0.3 is 12.0 Å². The second kappa shape index (κ2) is 6.16. The fraction of sp³-hybridized carbons (Fsp3) is 0.500. The highest BCUT2D eigenvalue weighted by Crippen LogP contribution is 2.23. The number of hydrogen-bond acceptors (Lipinski definition) is 2. The quantitative estimate of drug-likeness (QED) is 0.877. The van der Waals surface area contributed by atoms with Gasteiger partial charge in [0.2, 0.25) is 0 Å². The van der Waals surface area contributed by atoms with Crippen LogP contribution in [0.3, 0.4) is 0 Å². The molecule has 0 spiro atoms. The third kappa shape index (κ3) is 3.54. The summed E-state index contributed by atoms with van der Waals surface area (Å²) in [6, 6.07) is 5.00. The van der Waals surface area contributed by atoms with Gasteiger partial charge in [0.1, 0.15) is 0 Å². The second-order valence-electron chi connectivity index (χ2n) is 5.94. The van der Waals surface area contributed by atoms with Crippen LogP contribution < -0.4 is 5.32 Å². The molecule has 5 nitrogen and oxygen atoms in total. The fourth-order valence-electron chi connectivity index (χ4n) is 2.83. The van der Waals surface area contributed by atoms with E-state index >= 15 is 0 Å². The zero-order valence-corrected chi connectivity index (χ0v) is 12.7. The van der Waals surface area contributed by atoms with Crippen LogP contribution >= 0.6 is 0 Å². The van der Waals surface area contributed by atoms with Gasteiger partial charge in [-0.1, -0.05) is 13.0 Å². The molecule has 2 rings (SSSR count). The molecule has 0 bridgehead atoms. The second-order valence-corrected chi connectivity index (χ2v) is 5.94. The van der Waals surface area contributed by atoms with Gasteiger partial charge in [0.05, 0.1) is 5.56 Å². The van der Waals surface area contributed by atoms with Crippen LogP contribution in [0.2, 0.25) is 0 Å². The SMILES string of the molecule is Cc1ccc(NC(=O)N2CCC(C)CC2C)cc1C(=O)O. The molecule has 114 valence electrons. The first-order valence-electron chi connectivity index (χ1n) is 7.30. The summed E-state index contributed by atoms with van der Waals surface area (Å²) in [5, 5.41) is 11.9. The number of nitrogens with zero attached hydrogens (tertiary/aromatic N) is 1. The lowest BCUT2D eigenvalue weighted by Crippen LogP contribution is -2.46. The van der Waals surface area contributed by atoms with Crippen molar-refractivity contribution in [2.45, 2.75) is 39.7 Å². The lowest BCUT2D eigenvalue weighted by atomic mass is 9.94.